The highest BCUT2D eigenvalue weighted by Gasteiger charge is 2.62. The normalized spacial score (nSPS) is 20.4. The van der Waals surface area contributed by atoms with Gasteiger partial charge in [-0.2, -0.15) is 0 Å². The quantitative estimate of drug-likeness (QED) is 0.190. The molecule has 1 fully saturated rings. The van der Waals surface area contributed by atoms with Crippen molar-refractivity contribution < 1.29 is 19.6 Å². The molecule has 0 aliphatic carbocycles. The van der Waals surface area contributed by atoms with Crippen molar-refractivity contribution in [3.05, 3.63) is 75.8 Å². The molecule has 2 heterocycles. The highest BCUT2D eigenvalue weighted by atomic mass is 16.6. The molecule has 0 saturated carbocycles. The van der Waals surface area contributed by atoms with E-state index in [1.165, 1.54) is 17.0 Å². The lowest BCUT2D eigenvalue weighted by molar-refractivity contribution is -0.384. The van der Waals surface area contributed by atoms with Crippen LogP contribution in [0.5, 0.6) is 0 Å². The van der Waals surface area contributed by atoms with Crippen LogP contribution in [-0.2, 0) is 17.6 Å². The number of amidine groups is 1. The number of imide groups is 1. The van der Waals surface area contributed by atoms with Crippen molar-refractivity contribution in [2.75, 3.05) is 32.8 Å². The second kappa shape index (κ2) is 13.9. The van der Waals surface area contributed by atoms with Crippen molar-refractivity contribution in [3.8, 4) is 0 Å². The number of hydrazine groups is 1. The Morgan fingerprint density at radius 1 is 1.00 bits per heavy atom. The Kier molecular flexibility index (Phi) is 10.3. The van der Waals surface area contributed by atoms with Gasteiger partial charge in [-0.15, -0.1) is 0 Å². The lowest BCUT2D eigenvalue weighted by Gasteiger charge is -2.51. The molecule has 3 amide bonds. The molecule has 1 saturated heterocycles. The van der Waals surface area contributed by atoms with Crippen LogP contribution >= 0.6 is 0 Å². The minimum atomic E-state index is -1.07. The van der Waals surface area contributed by atoms with Crippen molar-refractivity contribution >= 4 is 23.5 Å². The number of carbonyl (C=O) groups is 2. The average molecular weight is 579 g/mol. The Labute approximate surface area is 247 Å². The molecule has 1 N–H and O–H groups in total. The molecule has 11 heteroatoms. The van der Waals surface area contributed by atoms with Gasteiger partial charge in [-0.3, -0.25) is 29.7 Å². The summed E-state index contributed by atoms with van der Waals surface area (Å²) >= 11 is 0. The van der Waals surface area contributed by atoms with Crippen LogP contribution in [0.1, 0.15) is 57.6 Å². The zero-order chi connectivity index (χ0) is 30.3. The molecule has 4 rings (SSSR count). The van der Waals surface area contributed by atoms with Crippen LogP contribution in [0.3, 0.4) is 0 Å². The van der Waals surface area contributed by atoms with Gasteiger partial charge in [0.1, 0.15) is 5.84 Å². The first-order valence-electron chi connectivity index (χ1n) is 14.9. The molecule has 42 heavy (non-hydrogen) atoms. The Balaban J connectivity index is 1.66. The van der Waals surface area contributed by atoms with Gasteiger partial charge < -0.3 is 5.11 Å². The van der Waals surface area contributed by atoms with Crippen molar-refractivity contribution in [3.63, 3.8) is 0 Å². The van der Waals surface area contributed by atoms with E-state index in [9.17, 15) is 24.8 Å². The van der Waals surface area contributed by atoms with Crippen LogP contribution in [0, 0.1) is 10.1 Å². The molecule has 2 aromatic carbocycles. The molecule has 2 aliphatic rings. The molecule has 2 unspecified atom stereocenters. The smallest absolute Gasteiger partial charge is 0.328 e. The maximum atomic E-state index is 14.2. The first-order valence-corrected chi connectivity index (χ1v) is 14.9. The molecule has 0 radical (unpaired) electrons. The number of rotatable bonds is 15. The number of amides is 3. The first-order chi connectivity index (χ1) is 20.3. The van der Waals surface area contributed by atoms with Crippen LogP contribution in [0.25, 0.3) is 0 Å². The number of aliphatic hydroxyl groups is 1. The fourth-order valence-corrected chi connectivity index (χ4v) is 6.07. The maximum absolute atomic E-state index is 14.2. The molecular weight excluding hydrogens is 536 g/mol. The van der Waals surface area contributed by atoms with E-state index in [0.29, 0.717) is 57.7 Å². The lowest BCUT2D eigenvalue weighted by Crippen LogP contribution is -2.73. The largest absolute Gasteiger partial charge is 0.395 e. The number of aliphatic imine (C=N–C) groups is 1. The predicted molar refractivity (Wildman–Crippen MR) is 161 cm³/mol. The van der Waals surface area contributed by atoms with Crippen LogP contribution < -0.4 is 0 Å². The minimum Gasteiger partial charge on any atom is -0.395 e. The van der Waals surface area contributed by atoms with Gasteiger partial charge in [0.2, 0.25) is 0 Å². The summed E-state index contributed by atoms with van der Waals surface area (Å²) in [6, 6.07) is 15.5. The van der Waals surface area contributed by atoms with Gasteiger partial charge in [0, 0.05) is 44.7 Å². The van der Waals surface area contributed by atoms with Crippen LogP contribution in [0.2, 0.25) is 0 Å². The van der Waals surface area contributed by atoms with E-state index >= 15 is 0 Å². The number of hydrogen-bond donors (Lipinski definition) is 1. The molecular formula is C31H42N6O5. The molecule has 2 atom stereocenters. The number of nitro groups is 1. The van der Waals surface area contributed by atoms with E-state index in [1.807, 2.05) is 61.1 Å². The number of carbonyl (C=O) groups excluding carboxylic acids is 2. The summed E-state index contributed by atoms with van der Waals surface area (Å²) in [4.78, 5) is 47.1. The van der Waals surface area contributed by atoms with E-state index in [0.717, 1.165) is 24.0 Å². The summed E-state index contributed by atoms with van der Waals surface area (Å²) in [6.45, 7) is 7.48. The second-order valence-electron chi connectivity index (χ2n) is 10.7. The fourth-order valence-electron chi connectivity index (χ4n) is 6.07. The summed E-state index contributed by atoms with van der Waals surface area (Å²) in [5, 5.41) is 24.8. The van der Waals surface area contributed by atoms with E-state index in [2.05, 4.69) is 0 Å². The molecule has 11 nitrogen and oxygen atoms in total. The summed E-state index contributed by atoms with van der Waals surface area (Å²) in [5.74, 6) is 0.452. The number of unbranched alkanes of at least 4 members (excludes halogenated alkanes) is 1. The number of nitro benzene ring substituents is 1. The number of fused-ring (bicyclic) bond motifs is 1. The molecule has 2 aliphatic heterocycles. The zero-order valence-corrected chi connectivity index (χ0v) is 24.8. The van der Waals surface area contributed by atoms with E-state index in [-0.39, 0.29) is 24.2 Å². The Hall–Kier alpha value is -3.83. The number of aryl methyl sites for hydroxylation is 1. The van der Waals surface area contributed by atoms with Gasteiger partial charge in [0.25, 0.3) is 11.6 Å². The predicted octanol–water partition coefficient (Wildman–Crippen LogP) is 4.25. The van der Waals surface area contributed by atoms with Crippen LogP contribution in [-0.4, -0.2) is 92.1 Å². The fraction of sp³-hybridized carbons (Fsp3) is 0.516. The lowest BCUT2D eigenvalue weighted by atomic mass is 9.91. The van der Waals surface area contributed by atoms with E-state index in [4.69, 9.17) is 4.99 Å². The average Bonchev–Trinajstić information content (AvgIpc) is 3.33. The number of urea groups is 1. The van der Waals surface area contributed by atoms with E-state index in [1.54, 1.807) is 17.0 Å². The highest BCUT2D eigenvalue weighted by molar-refractivity contribution is 6.05. The van der Waals surface area contributed by atoms with Crippen LogP contribution in [0.15, 0.2) is 59.6 Å². The summed E-state index contributed by atoms with van der Waals surface area (Å²) in [6.07, 6.45) is 3.76. The zero-order valence-electron chi connectivity index (χ0n) is 24.8. The highest BCUT2D eigenvalue weighted by Crippen LogP contribution is 2.42. The summed E-state index contributed by atoms with van der Waals surface area (Å²) in [7, 11) is 0. The summed E-state index contributed by atoms with van der Waals surface area (Å²) in [5.41, 5.74) is 1.03. The number of nitrogens with zero attached hydrogens (tertiary/aromatic N) is 6. The second-order valence-corrected chi connectivity index (χ2v) is 10.7. The number of non-ortho nitro benzene ring substituents is 1. The Morgan fingerprint density at radius 3 is 2.31 bits per heavy atom. The van der Waals surface area contributed by atoms with E-state index < -0.39 is 16.6 Å². The summed E-state index contributed by atoms with van der Waals surface area (Å²) < 4.78 is 0. The van der Waals surface area contributed by atoms with Gasteiger partial charge >= 0.3 is 6.03 Å². The topological polar surface area (TPSA) is 123 Å². The number of likely N-dealkylation sites (N-methyl/N-ethyl adjacent to an activating group) is 1. The molecule has 2 aromatic rings. The van der Waals surface area contributed by atoms with Crippen molar-refractivity contribution in [2.45, 2.75) is 71.0 Å². The SMILES string of the molecule is CCCN1C(=O)C2N(N(CC)CCO)C(Cc3ccccc3)=NC2(CC)N(CCCCc2ccc([N+](=O)[O-])cc2)C1=O. The van der Waals surface area contributed by atoms with Gasteiger partial charge in [0.15, 0.2) is 11.7 Å². The third-order valence-electron chi connectivity index (χ3n) is 8.14. The standard InChI is InChI=1S/C31H42N6O5/c1-4-19-34-29(39)28-31(5-2,32-27(23-25-13-8-7-9-14-25)36(28)33(6-3)21-22-38)35(30(34)40)20-11-10-12-24-15-17-26(18-16-24)37(41)42/h7-9,13-18,28,38H,4-6,10-12,19-23H2,1-3H3. The van der Waals surface area contributed by atoms with Gasteiger partial charge in [-0.05, 0) is 43.2 Å². The van der Waals surface area contributed by atoms with Gasteiger partial charge in [-0.1, -0.05) is 63.2 Å². The Morgan fingerprint density at radius 2 is 1.71 bits per heavy atom. The first kappa shape index (κ1) is 31.1. The number of benzene rings is 2. The van der Waals surface area contributed by atoms with Crippen molar-refractivity contribution in [1.82, 2.24) is 19.8 Å². The third kappa shape index (κ3) is 6.17. The number of aliphatic hydroxyl groups excluding tert-OH is 1. The molecule has 0 aromatic heterocycles. The van der Waals surface area contributed by atoms with Gasteiger partial charge in [-0.25, -0.2) is 14.8 Å². The van der Waals surface area contributed by atoms with Crippen molar-refractivity contribution in [2.24, 2.45) is 4.99 Å². The number of hydrogen-bond acceptors (Lipinski definition) is 8. The van der Waals surface area contributed by atoms with Gasteiger partial charge in [0.05, 0.1) is 11.5 Å². The van der Waals surface area contributed by atoms with Crippen LogP contribution in [0.4, 0.5) is 10.5 Å². The molecule has 0 spiro atoms. The molecule has 0 bridgehead atoms. The maximum Gasteiger partial charge on any atom is 0.328 e. The molecule has 226 valence electrons. The van der Waals surface area contributed by atoms with Crippen molar-refractivity contribution in [1.29, 1.82) is 0 Å². The monoisotopic (exact) mass is 578 g/mol. The minimum absolute atomic E-state index is 0.0616. The third-order valence-corrected chi connectivity index (χ3v) is 8.14. The Bertz CT molecular complexity index is 1270.